The molecule has 1 aromatic carbocycles. The van der Waals surface area contributed by atoms with Crippen molar-refractivity contribution in [3.05, 3.63) is 102 Å². The largest absolute Gasteiger partial charge is 0.348 e. The predicted octanol–water partition coefficient (Wildman–Crippen LogP) is 3.60. The van der Waals surface area contributed by atoms with Gasteiger partial charge in [0.05, 0.1) is 29.1 Å². The molecule has 0 fully saturated rings. The van der Waals surface area contributed by atoms with Crippen molar-refractivity contribution < 1.29 is 4.79 Å². The summed E-state index contributed by atoms with van der Waals surface area (Å²) in [4.78, 5) is 36.9. The molecule has 156 valence electrons. The number of aromatic amines is 1. The molecule has 0 bridgehead atoms. The molecule has 0 radical (unpaired) electrons. The molecule has 2 aliphatic heterocycles. The zero-order chi connectivity index (χ0) is 21.5. The summed E-state index contributed by atoms with van der Waals surface area (Å²) < 4.78 is 0. The highest BCUT2D eigenvalue weighted by atomic mass is 16.2. The Labute approximate surface area is 184 Å². The standard InChI is InChI=1S/C25H20N6O/c32-25(18-12-21(27-14-18)19-7-3-4-9-26-19)31-10-8-20-23(30-15-29-20)24(31)22-11-16-5-1-2-6-17(16)13-28-22/h1-7,9,11,13-15,24H,8,10,12H2,(H,29,30)/t24-/m0/s1. The van der Waals surface area contributed by atoms with Gasteiger partial charge in [-0.15, -0.1) is 0 Å². The molecule has 1 amide bonds. The highest BCUT2D eigenvalue weighted by Gasteiger charge is 2.37. The molecule has 6 rings (SSSR count). The Morgan fingerprint density at radius 2 is 1.91 bits per heavy atom. The third-order valence-corrected chi connectivity index (χ3v) is 6.09. The molecule has 4 aromatic rings. The van der Waals surface area contributed by atoms with Crippen molar-refractivity contribution in [2.45, 2.75) is 18.9 Å². The van der Waals surface area contributed by atoms with Crippen LogP contribution in [0.3, 0.4) is 0 Å². The van der Waals surface area contributed by atoms with Gasteiger partial charge in [0.25, 0.3) is 5.91 Å². The zero-order valence-electron chi connectivity index (χ0n) is 17.3. The van der Waals surface area contributed by atoms with Gasteiger partial charge < -0.3 is 9.88 Å². The van der Waals surface area contributed by atoms with Crippen LogP contribution in [0.5, 0.6) is 0 Å². The number of hydrogen-bond acceptors (Lipinski definition) is 5. The number of aromatic nitrogens is 4. The van der Waals surface area contributed by atoms with E-state index in [1.54, 1.807) is 18.7 Å². The number of imidazole rings is 1. The van der Waals surface area contributed by atoms with Crippen LogP contribution >= 0.6 is 0 Å². The highest BCUT2D eigenvalue weighted by molar-refractivity contribution is 6.09. The van der Waals surface area contributed by atoms with E-state index in [0.717, 1.165) is 45.7 Å². The Morgan fingerprint density at radius 3 is 2.78 bits per heavy atom. The molecule has 1 atom stereocenters. The zero-order valence-corrected chi connectivity index (χ0v) is 17.3. The van der Waals surface area contributed by atoms with Crippen molar-refractivity contribution in [1.29, 1.82) is 0 Å². The van der Waals surface area contributed by atoms with Crippen LogP contribution in [0.15, 0.2) is 84.0 Å². The number of hydrogen-bond donors (Lipinski definition) is 1. The summed E-state index contributed by atoms with van der Waals surface area (Å²) in [7, 11) is 0. The Balaban J connectivity index is 1.34. The number of benzene rings is 1. The minimum atomic E-state index is -0.345. The normalized spacial score (nSPS) is 17.8. The lowest BCUT2D eigenvalue weighted by molar-refractivity contribution is -0.129. The van der Waals surface area contributed by atoms with Crippen molar-refractivity contribution in [3.63, 3.8) is 0 Å². The van der Waals surface area contributed by atoms with E-state index in [0.29, 0.717) is 18.5 Å². The van der Waals surface area contributed by atoms with E-state index in [2.05, 4.69) is 32.1 Å². The average Bonchev–Trinajstić information content (AvgIpc) is 3.53. The number of amides is 1. The third kappa shape index (κ3) is 3.10. The molecule has 32 heavy (non-hydrogen) atoms. The lowest BCUT2D eigenvalue weighted by atomic mass is 9.96. The fraction of sp³-hybridized carbons (Fsp3) is 0.160. The SMILES string of the molecule is O=C(C1=CN=C(c2ccccn2)C1)N1CCc2[nH]cnc2[C@@H]1c1cc2ccccc2cn1. The predicted molar refractivity (Wildman–Crippen MR) is 121 cm³/mol. The fourth-order valence-electron chi connectivity index (χ4n) is 4.48. The van der Waals surface area contributed by atoms with Crippen molar-refractivity contribution >= 4 is 22.4 Å². The van der Waals surface area contributed by atoms with Gasteiger partial charge in [-0.25, -0.2) is 4.98 Å². The summed E-state index contributed by atoms with van der Waals surface area (Å²) in [5.74, 6) is -0.0340. The summed E-state index contributed by atoms with van der Waals surface area (Å²) in [6.45, 7) is 0.587. The number of nitrogens with zero attached hydrogens (tertiary/aromatic N) is 5. The Hall–Kier alpha value is -4.13. The smallest absolute Gasteiger partial charge is 0.252 e. The number of nitrogens with one attached hydrogen (secondary N) is 1. The maximum atomic E-state index is 13.7. The lowest BCUT2D eigenvalue weighted by Gasteiger charge is -2.35. The second-order valence-electron chi connectivity index (χ2n) is 8.00. The van der Waals surface area contributed by atoms with E-state index >= 15 is 0 Å². The molecular formula is C25H20N6O. The average molecular weight is 420 g/mol. The number of fused-ring (bicyclic) bond motifs is 2. The molecule has 7 nitrogen and oxygen atoms in total. The molecule has 7 heteroatoms. The van der Waals surface area contributed by atoms with Gasteiger partial charge >= 0.3 is 0 Å². The van der Waals surface area contributed by atoms with Gasteiger partial charge in [-0.2, -0.15) is 0 Å². The van der Waals surface area contributed by atoms with Crippen LogP contribution in [-0.2, 0) is 11.2 Å². The van der Waals surface area contributed by atoms with Crippen LogP contribution in [0.2, 0.25) is 0 Å². The number of carbonyl (C=O) groups excluding carboxylic acids is 1. The van der Waals surface area contributed by atoms with E-state index in [-0.39, 0.29) is 11.9 Å². The molecular weight excluding hydrogens is 400 g/mol. The monoisotopic (exact) mass is 420 g/mol. The minimum absolute atomic E-state index is 0.0340. The van der Waals surface area contributed by atoms with Crippen LogP contribution in [-0.4, -0.2) is 43.0 Å². The van der Waals surface area contributed by atoms with E-state index in [1.165, 1.54) is 0 Å². The molecule has 3 aromatic heterocycles. The fourth-order valence-corrected chi connectivity index (χ4v) is 4.48. The van der Waals surface area contributed by atoms with Crippen LogP contribution in [0.4, 0.5) is 0 Å². The number of rotatable bonds is 3. The van der Waals surface area contributed by atoms with Gasteiger partial charge in [-0.1, -0.05) is 30.3 Å². The van der Waals surface area contributed by atoms with Gasteiger partial charge in [-0.3, -0.25) is 19.8 Å². The van der Waals surface area contributed by atoms with Crippen LogP contribution in [0.1, 0.15) is 35.2 Å². The van der Waals surface area contributed by atoms with E-state index in [1.807, 2.05) is 47.5 Å². The molecule has 2 aliphatic rings. The molecule has 5 heterocycles. The first-order valence-electron chi connectivity index (χ1n) is 10.6. The van der Waals surface area contributed by atoms with Gasteiger partial charge in [0.15, 0.2) is 0 Å². The summed E-state index contributed by atoms with van der Waals surface area (Å²) in [5, 5.41) is 2.16. The maximum Gasteiger partial charge on any atom is 0.252 e. The Morgan fingerprint density at radius 1 is 1.03 bits per heavy atom. The number of aliphatic imine (C=N–C) groups is 1. The molecule has 0 saturated heterocycles. The number of pyridine rings is 2. The second kappa shape index (κ2) is 7.53. The van der Waals surface area contributed by atoms with E-state index < -0.39 is 0 Å². The number of H-pyrrole nitrogens is 1. The highest BCUT2D eigenvalue weighted by Crippen LogP contribution is 2.35. The van der Waals surface area contributed by atoms with Crippen molar-refractivity contribution in [3.8, 4) is 0 Å². The summed E-state index contributed by atoms with van der Waals surface area (Å²) in [5.41, 5.74) is 5.00. The lowest BCUT2D eigenvalue weighted by Crippen LogP contribution is -2.41. The topological polar surface area (TPSA) is 87.1 Å². The van der Waals surface area contributed by atoms with Crippen molar-refractivity contribution in [1.82, 2.24) is 24.8 Å². The summed E-state index contributed by atoms with van der Waals surface area (Å²) in [6, 6.07) is 15.5. The summed E-state index contributed by atoms with van der Waals surface area (Å²) >= 11 is 0. The van der Waals surface area contributed by atoms with Gasteiger partial charge in [0.2, 0.25) is 0 Å². The van der Waals surface area contributed by atoms with E-state index in [4.69, 9.17) is 4.98 Å². The summed E-state index contributed by atoms with van der Waals surface area (Å²) in [6.07, 6.45) is 8.18. The van der Waals surface area contributed by atoms with E-state index in [9.17, 15) is 4.79 Å². The quantitative estimate of drug-likeness (QED) is 0.549. The third-order valence-electron chi connectivity index (χ3n) is 6.09. The molecule has 0 spiro atoms. The minimum Gasteiger partial charge on any atom is -0.348 e. The Bertz CT molecular complexity index is 1390. The van der Waals surface area contributed by atoms with Gasteiger partial charge in [-0.05, 0) is 23.6 Å². The second-order valence-corrected chi connectivity index (χ2v) is 8.00. The van der Waals surface area contributed by atoms with Crippen molar-refractivity contribution in [2.24, 2.45) is 4.99 Å². The molecule has 0 aliphatic carbocycles. The first-order chi connectivity index (χ1) is 15.8. The van der Waals surface area contributed by atoms with Crippen LogP contribution in [0.25, 0.3) is 10.8 Å². The van der Waals surface area contributed by atoms with Crippen molar-refractivity contribution in [2.75, 3.05) is 6.54 Å². The van der Waals surface area contributed by atoms with Gasteiger partial charge in [0, 0.05) is 54.6 Å². The Kier molecular flexibility index (Phi) is 4.38. The van der Waals surface area contributed by atoms with Gasteiger partial charge in [0.1, 0.15) is 6.04 Å². The first kappa shape index (κ1) is 18.6. The number of carbonyl (C=O) groups is 1. The van der Waals surface area contributed by atoms with Crippen LogP contribution < -0.4 is 0 Å². The molecule has 1 N–H and O–H groups in total. The first-order valence-corrected chi connectivity index (χ1v) is 10.6. The van der Waals surface area contributed by atoms with Crippen LogP contribution in [0, 0.1) is 0 Å². The molecule has 0 saturated carbocycles. The maximum absolute atomic E-state index is 13.7. The molecule has 0 unspecified atom stereocenters.